The fourth-order valence-corrected chi connectivity index (χ4v) is 2.42. The van der Waals surface area contributed by atoms with E-state index in [1.54, 1.807) is 4.90 Å². The summed E-state index contributed by atoms with van der Waals surface area (Å²) in [7, 11) is 0. The van der Waals surface area contributed by atoms with Crippen molar-refractivity contribution in [3.05, 3.63) is 16.4 Å². The van der Waals surface area contributed by atoms with Gasteiger partial charge in [-0.3, -0.25) is 14.9 Å². The van der Waals surface area contributed by atoms with Crippen LogP contribution >= 0.6 is 0 Å². The summed E-state index contributed by atoms with van der Waals surface area (Å²) in [5.74, 6) is 0.225. The van der Waals surface area contributed by atoms with Crippen molar-refractivity contribution in [2.75, 3.05) is 29.9 Å². The molecule has 0 aliphatic carbocycles. The first-order chi connectivity index (χ1) is 10.1. The summed E-state index contributed by atoms with van der Waals surface area (Å²) in [6.07, 6.45) is 1.82. The SMILES string of the molecule is CCNc1ncnc(N2CCNC(=O)C2CC)c1[N+](=O)[O-]. The van der Waals surface area contributed by atoms with Crippen LogP contribution in [0.15, 0.2) is 6.33 Å². The van der Waals surface area contributed by atoms with E-state index >= 15 is 0 Å². The summed E-state index contributed by atoms with van der Waals surface area (Å²) < 4.78 is 0. The fourth-order valence-electron chi connectivity index (χ4n) is 2.42. The smallest absolute Gasteiger partial charge is 0.353 e. The molecule has 0 radical (unpaired) electrons. The van der Waals surface area contributed by atoms with Gasteiger partial charge in [0, 0.05) is 19.6 Å². The first-order valence-electron chi connectivity index (χ1n) is 6.87. The van der Waals surface area contributed by atoms with Gasteiger partial charge in [0.2, 0.25) is 17.5 Å². The Morgan fingerprint density at radius 3 is 2.90 bits per heavy atom. The standard InChI is InChI=1S/C12H18N6O3/c1-3-8-12(19)14-5-6-17(8)11-9(18(20)21)10(13-4-2)15-7-16-11/h7-8H,3-6H2,1-2H3,(H,14,19)(H,13,15,16). The Hall–Kier alpha value is -2.45. The molecule has 9 nitrogen and oxygen atoms in total. The summed E-state index contributed by atoms with van der Waals surface area (Å²) in [5.41, 5.74) is -0.187. The highest BCUT2D eigenvalue weighted by molar-refractivity contribution is 5.87. The van der Waals surface area contributed by atoms with Gasteiger partial charge in [-0.2, -0.15) is 0 Å². The van der Waals surface area contributed by atoms with E-state index in [1.165, 1.54) is 6.33 Å². The predicted molar refractivity (Wildman–Crippen MR) is 77.3 cm³/mol. The van der Waals surface area contributed by atoms with Crippen molar-refractivity contribution in [3.8, 4) is 0 Å². The molecular weight excluding hydrogens is 276 g/mol. The van der Waals surface area contributed by atoms with Gasteiger partial charge in [-0.1, -0.05) is 6.92 Å². The lowest BCUT2D eigenvalue weighted by Crippen LogP contribution is -2.55. The summed E-state index contributed by atoms with van der Waals surface area (Å²) in [6, 6.07) is -0.457. The zero-order valence-electron chi connectivity index (χ0n) is 12.0. The van der Waals surface area contributed by atoms with Crippen molar-refractivity contribution in [2.45, 2.75) is 26.3 Å². The lowest BCUT2D eigenvalue weighted by atomic mass is 10.1. The van der Waals surface area contributed by atoms with Gasteiger partial charge < -0.3 is 15.5 Å². The van der Waals surface area contributed by atoms with E-state index in [4.69, 9.17) is 0 Å². The predicted octanol–water partition coefficient (Wildman–Crippen LogP) is 0.531. The number of carbonyl (C=O) groups is 1. The Balaban J connectivity index is 2.49. The molecule has 1 saturated heterocycles. The molecule has 1 aromatic heterocycles. The number of hydrogen-bond acceptors (Lipinski definition) is 7. The molecule has 1 aliphatic rings. The highest BCUT2D eigenvalue weighted by Gasteiger charge is 2.35. The summed E-state index contributed by atoms with van der Waals surface area (Å²) in [6.45, 7) is 5.12. The van der Waals surface area contributed by atoms with E-state index in [0.29, 0.717) is 26.1 Å². The van der Waals surface area contributed by atoms with Gasteiger partial charge in [0.05, 0.1) is 4.92 Å². The Kier molecular flexibility index (Phi) is 4.51. The number of hydrogen-bond donors (Lipinski definition) is 2. The summed E-state index contributed by atoms with van der Waals surface area (Å²) in [4.78, 5) is 32.5. The maximum Gasteiger partial charge on any atom is 0.353 e. The third kappa shape index (κ3) is 2.86. The van der Waals surface area contributed by atoms with Gasteiger partial charge in [-0.15, -0.1) is 0 Å². The van der Waals surface area contributed by atoms with E-state index in [9.17, 15) is 14.9 Å². The first-order valence-corrected chi connectivity index (χ1v) is 6.87. The molecule has 114 valence electrons. The lowest BCUT2D eigenvalue weighted by molar-refractivity contribution is -0.383. The molecule has 0 bridgehead atoms. The van der Waals surface area contributed by atoms with Gasteiger partial charge in [0.25, 0.3) is 0 Å². The molecule has 1 amide bonds. The van der Waals surface area contributed by atoms with Crippen molar-refractivity contribution >= 4 is 23.2 Å². The van der Waals surface area contributed by atoms with Crippen LogP contribution in [0, 0.1) is 10.1 Å². The van der Waals surface area contributed by atoms with E-state index in [1.807, 2.05) is 13.8 Å². The van der Waals surface area contributed by atoms with Crippen molar-refractivity contribution < 1.29 is 9.72 Å². The number of rotatable bonds is 5. The molecule has 1 fully saturated rings. The number of nitrogens with one attached hydrogen (secondary N) is 2. The average Bonchev–Trinajstić information content (AvgIpc) is 2.46. The molecule has 1 aromatic rings. The second kappa shape index (κ2) is 6.33. The third-order valence-electron chi connectivity index (χ3n) is 3.32. The molecule has 1 aliphatic heterocycles. The van der Waals surface area contributed by atoms with Crippen LogP contribution in [0.1, 0.15) is 20.3 Å². The van der Waals surface area contributed by atoms with Crippen LogP contribution < -0.4 is 15.5 Å². The molecule has 0 aromatic carbocycles. The van der Waals surface area contributed by atoms with Crippen molar-refractivity contribution in [1.82, 2.24) is 15.3 Å². The highest BCUT2D eigenvalue weighted by atomic mass is 16.6. The monoisotopic (exact) mass is 294 g/mol. The number of piperazine rings is 1. The van der Waals surface area contributed by atoms with Crippen molar-refractivity contribution in [2.24, 2.45) is 0 Å². The highest BCUT2D eigenvalue weighted by Crippen LogP contribution is 2.33. The molecule has 21 heavy (non-hydrogen) atoms. The number of carbonyl (C=O) groups excluding carboxylic acids is 1. The topological polar surface area (TPSA) is 113 Å². The van der Waals surface area contributed by atoms with E-state index in [-0.39, 0.29) is 23.2 Å². The number of anilines is 2. The number of amides is 1. The Morgan fingerprint density at radius 2 is 2.29 bits per heavy atom. The number of nitro groups is 1. The zero-order valence-corrected chi connectivity index (χ0v) is 12.0. The molecule has 2 heterocycles. The van der Waals surface area contributed by atoms with Crippen LogP contribution in [0.4, 0.5) is 17.3 Å². The van der Waals surface area contributed by atoms with Crippen molar-refractivity contribution in [3.63, 3.8) is 0 Å². The summed E-state index contributed by atoms with van der Waals surface area (Å²) >= 11 is 0. The van der Waals surface area contributed by atoms with Crippen molar-refractivity contribution in [1.29, 1.82) is 0 Å². The minimum absolute atomic E-state index is 0.137. The minimum atomic E-state index is -0.507. The average molecular weight is 294 g/mol. The second-order valence-corrected chi connectivity index (χ2v) is 4.59. The maximum atomic E-state index is 11.9. The Bertz CT molecular complexity index is 550. The fraction of sp³-hybridized carbons (Fsp3) is 0.583. The van der Waals surface area contributed by atoms with Gasteiger partial charge >= 0.3 is 5.69 Å². The van der Waals surface area contributed by atoms with E-state index in [2.05, 4.69) is 20.6 Å². The lowest BCUT2D eigenvalue weighted by Gasteiger charge is -2.34. The Labute approximate surface area is 121 Å². The minimum Gasteiger partial charge on any atom is -0.364 e. The van der Waals surface area contributed by atoms with Crippen LogP contribution in [0.3, 0.4) is 0 Å². The van der Waals surface area contributed by atoms with Gasteiger partial charge in [-0.05, 0) is 13.3 Å². The molecule has 1 unspecified atom stereocenters. The molecule has 0 saturated carbocycles. The molecule has 9 heteroatoms. The maximum absolute atomic E-state index is 11.9. The van der Waals surface area contributed by atoms with Gasteiger partial charge in [0.1, 0.15) is 12.4 Å². The van der Waals surface area contributed by atoms with E-state index < -0.39 is 11.0 Å². The van der Waals surface area contributed by atoms with Gasteiger partial charge in [-0.25, -0.2) is 9.97 Å². The third-order valence-corrected chi connectivity index (χ3v) is 3.32. The second-order valence-electron chi connectivity index (χ2n) is 4.59. The zero-order chi connectivity index (χ0) is 15.4. The van der Waals surface area contributed by atoms with Crippen LogP contribution in [-0.2, 0) is 4.79 Å². The van der Waals surface area contributed by atoms with Gasteiger partial charge in [0.15, 0.2) is 0 Å². The number of nitrogens with zero attached hydrogens (tertiary/aromatic N) is 4. The summed E-state index contributed by atoms with van der Waals surface area (Å²) in [5, 5.41) is 17.0. The molecule has 2 N–H and O–H groups in total. The van der Waals surface area contributed by atoms with Crippen LogP contribution in [0.2, 0.25) is 0 Å². The van der Waals surface area contributed by atoms with Crippen LogP contribution in [-0.4, -0.2) is 46.5 Å². The molecule has 2 rings (SSSR count). The van der Waals surface area contributed by atoms with Crippen LogP contribution in [0.25, 0.3) is 0 Å². The first kappa shape index (κ1) is 14.9. The molecular formula is C12H18N6O3. The molecule has 1 atom stereocenters. The largest absolute Gasteiger partial charge is 0.364 e. The Morgan fingerprint density at radius 1 is 1.52 bits per heavy atom. The quantitative estimate of drug-likeness (QED) is 0.601. The van der Waals surface area contributed by atoms with Crippen LogP contribution in [0.5, 0.6) is 0 Å². The van der Waals surface area contributed by atoms with E-state index in [0.717, 1.165) is 0 Å². The molecule has 0 spiro atoms. The number of aromatic nitrogens is 2. The normalized spacial score (nSPS) is 18.3.